The number of hydrogen-bond acceptors (Lipinski definition) is 4. The number of carbonyl (C=O) groups is 1. The van der Waals surface area contributed by atoms with E-state index < -0.39 is 11.7 Å². The Morgan fingerprint density at radius 2 is 2.30 bits per heavy atom. The van der Waals surface area contributed by atoms with Crippen molar-refractivity contribution in [2.45, 2.75) is 13.3 Å². The second-order valence-corrected chi connectivity index (χ2v) is 1.64. The largest absolute Gasteiger partial charge is 0.502 e. The van der Waals surface area contributed by atoms with Crippen LogP contribution in [-0.2, 0) is 14.6 Å². The SMILES string of the molecule is C=C(O)C(=O)OOCCC. The Hall–Kier alpha value is -1.03. The van der Waals surface area contributed by atoms with E-state index in [4.69, 9.17) is 5.11 Å². The Kier molecular flexibility index (Phi) is 4.32. The summed E-state index contributed by atoms with van der Waals surface area (Å²) in [4.78, 5) is 18.7. The van der Waals surface area contributed by atoms with Gasteiger partial charge in [0.05, 0.1) is 6.61 Å². The van der Waals surface area contributed by atoms with Gasteiger partial charge in [0.1, 0.15) is 0 Å². The van der Waals surface area contributed by atoms with Gasteiger partial charge in [0.2, 0.25) is 0 Å². The van der Waals surface area contributed by atoms with Crippen LogP contribution in [0.3, 0.4) is 0 Å². The van der Waals surface area contributed by atoms with Crippen molar-refractivity contribution >= 4 is 5.97 Å². The van der Waals surface area contributed by atoms with E-state index in [1.165, 1.54) is 0 Å². The normalized spacial score (nSPS) is 8.90. The maximum atomic E-state index is 10.3. The summed E-state index contributed by atoms with van der Waals surface area (Å²) >= 11 is 0. The van der Waals surface area contributed by atoms with Gasteiger partial charge in [-0.3, -0.25) is 4.89 Å². The molecule has 0 radical (unpaired) electrons. The molecular formula is C6H10O4. The summed E-state index contributed by atoms with van der Waals surface area (Å²) in [5, 5.41) is 8.37. The van der Waals surface area contributed by atoms with E-state index in [1.54, 1.807) is 0 Å². The van der Waals surface area contributed by atoms with Crippen molar-refractivity contribution in [2.75, 3.05) is 6.61 Å². The second-order valence-electron chi connectivity index (χ2n) is 1.64. The summed E-state index contributed by atoms with van der Waals surface area (Å²) < 4.78 is 0. The molecule has 0 saturated heterocycles. The van der Waals surface area contributed by atoms with Crippen molar-refractivity contribution in [3.63, 3.8) is 0 Å². The third-order valence-electron chi connectivity index (χ3n) is 0.658. The molecule has 0 atom stereocenters. The van der Waals surface area contributed by atoms with Crippen LogP contribution in [-0.4, -0.2) is 17.7 Å². The molecule has 0 spiro atoms. The summed E-state index contributed by atoms with van der Waals surface area (Å²) in [6, 6.07) is 0. The molecule has 0 amide bonds. The number of rotatable bonds is 4. The molecule has 0 aliphatic rings. The summed E-state index contributed by atoms with van der Waals surface area (Å²) in [6.45, 7) is 5.12. The zero-order chi connectivity index (χ0) is 7.98. The van der Waals surface area contributed by atoms with Gasteiger partial charge in [-0.15, -0.1) is 0 Å². The van der Waals surface area contributed by atoms with E-state index in [1.807, 2.05) is 6.92 Å². The third-order valence-corrected chi connectivity index (χ3v) is 0.658. The molecule has 0 bridgehead atoms. The molecule has 0 aliphatic heterocycles. The van der Waals surface area contributed by atoms with Crippen LogP contribution in [0.25, 0.3) is 0 Å². The minimum Gasteiger partial charge on any atom is -0.502 e. The predicted molar refractivity (Wildman–Crippen MR) is 34.1 cm³/mol. The van der Waals surface area contributed by atoms with Crippen LogP contribution >= 0.6 is 0 Å². The molecule has 1 N–H and O–H groups in total. The van der Waals surface area contributed by atoms with Crippen LogP contribution in [0.5, 0.6) is 0 Å². The zero-order valence-corrected chi connectivity index (χ0v) is 5.79. The van der Waals surface area contributed by atoms with Gasteiger partial charge in [-0.2, -0.15) is 4.89 Å². The molecule has 0 aliphatic carbocycles. The highest BCUT2D eigenvalue weighted by Gasteiger charge is 2.05. The summed E-state index contributed by atoms with van der Waals surface area (Å²) in [7, 11) is 0. The van der Waals surface area contributed by atoms with E-state index in [-0.39, 0.29) is 0 Å². The molecule has 0 aromatic heterocycles. The first-order valence-electron chi connectivity index (χ1n) is 2.90. The van der Waals surface area contributed by atoms with Crippen LogP contribution in [0.1, 0.15) is 13.3 Å². The van der Waals surface area contributed by atoms with Gasteiger partial charge in [0, 0.05) is 0 Å². The number of carbonyl (C=O) groups excluding carboxylic acids is 1. The predicted octanol–water partition coefficient (Wildman–Crippen LogP) is 0.943. The summed E-state index contributed by atoms with van der Waals surface area (Å²) in [5.41, 5.74) is 0. The van der Waals surface area contributed by atoms with E-state index in [0.717, 1.165) is 6.42 Å². The van der Waals surface area contributed by atoms with Crippen LogP contribution in [0.4, 0.5) is 0 Å². The van der Waals surface area contributed by atoms with Gasteiger partial charge in [0.15, 0.2) is 5.76 Å². The maximum absolute atomic E-state index is 10.3. The van der Waals surface area contributed by atoms with Crippen molar-refractivity contribution in [2.24, 2.45) is 0 Å². The van der Waals surface area contributed by atoms with Crippen LogP contribution in [0.2, 0.25) is 0 Å². The topological polar surface area (TPSA) is 55.8 Å². The van der Waals surface area contributed by atoms with Gasteiger partial charge < -0.3 is 5.11 Å². The lowest BCUT2D eigenvalue weighted by Crippen LogP contribution is -2.07. The molecule has 4 nitrogen and oxygen atoms in total. The van der Waals surface area contributed by atoms with E-state index >= 15 is 0 Å². The fourth-order valence-corrected chi connectivity index (χ4v) is 0.227. The average molecular weight is 146 g/mol. The lowest BCUT2D eigenvalue weighted by Gasteiger charge is -1.98. The minimum atomic E-state index is -0.951. The average Bonchev–Trinajstić information content (AvgIpc) is 1.88. The first-order chi connectivity index (χ1) is 4.68. The van der Waals surface area contributed by atoms with Gasteiger partial charge in [0.25, 0.3) is 0 Å². The van der Waals surface area contributed by atoms with Gasteiger partial charge >= 0.3 is 5.97 Å². The van der Waals surface area contributed by atoms with Crippen LogP contribution < -0.4 is 0 Å². The fourth-order valence-electron chi connectivity index (χ4n) is 0.227. The molecule has 58 valence electrons. The van der Waals surface area contributed by atoms with Crippen LogP contribution in [0, 0.1) is 0 Å². The van der Waals surface area contributed by atoms with Gasteiger partial charge in [-0.05, 0) is 13.0 Å². The van der Waals surface area contributed by atoms with Crippen molar-refractivity contribution in [3.8, 4) is 0 Å². The van der Waals surface area contributed by atoms with Crippen LogP contribution in [0.15, 0.2) is 12.3 Å². The standard InChI is InChI=1S/C6H10O4/c1-3-4-9-10-6(8)5(2)7/h7H,2-4H2,1H3. The lowest BCUT2D eigenvalue weighted by molar-refractivity contribution is -0.270. The third kappa shape index (κ3) is 3.91. The van der Waals surface area contributed by atoms with Crippen molar-refractivity contribution in [1.82, 2.24) is 0 Å². The quantitative estimate of drug-likeness (QED) is 0.211. The highest BCUT2D eigenvalue weighted by molar-refractivity contribution is 5.84. The Labute approximate surface area is 59.0 Å². The molecule has 0 saturated carbocycles. The van der Waals surface area contributed by atoms with Crippen molar-refractivity contribution in [1.29, 1.82) is 0 Å². The van der Waals surface area contributed by atoms with Crippen molar-refractivity contribution in [3.05, 3.63) is 12.3 Å². The molecule has 10 heavy (non-hydrogen) atoms. The molecule has 0 unspecified atom stereocenters. The van der Waals surface area contributed by atoms with E-state index in [9.17, 15) is 4.79 Å². The maximum Gasteiger partial charge on any atom is 0.406 e. The van der Waals surface area contributed by atoms with Gasteiger partial charge in [-0.1, -0.05) is 6.92 Å². The second kappa shape index (κ2) is 4.81. The Balaban J connectivity index is 3.31. The Morgan fingerprint density at radius 1 is 1.70 bits per heavy atom. The first-order valence-corrected chi connectivity index (χ1v) is 2.90. The molecule has 0 rings (SSSR count). The number of hydrogen-bond donors (Lipinski definition) is 1. The number of aliphatic hydroxyl groups is 1. The van der Waals surface area contributed by atoms with E-state index in [0.29, 0.717) is 6.61 Å². The summed E-state index contributed by atoms with van der Waals surface area (Å²) in [5.74, 6) is -1.61. The van der Waals surface area contributed by atoms with Crippen molar-refractivity contribution < 1.29 is 19.7 Å². The number of aliphatic hydroxyl groups excluding tert-OH is 1. The van der Waals surface area contributed by atoms with E-state index in [2.05, 4.69) is 16.4 Å². The molecule has 0 aromatic rings. The smallest absolute Gasteiger partial charge is 0.406 e. The molecule has 0 fully saturated rings. The highest BCUT2D eigenvalue weighted by Crippen LogP contribution is 1.90. The Morgan fingerprint density at radius 3 is 2.70 bits per heavy atom. The molecule has 0 heterocycles. The molecular weight excluding hydrogens is 136 g/mol. The molecule has 4 heteroatoms. The zero-order valence-electron chi connectivity index (χ0n) is 5.79. The minimum absolute atomic E-state index is 0.318. The fraction of sp³-hybridized carbons (Fsp3) is 0.500. The highest BCUT2D eigenvalue weighted by atomic mass is 17.2. The monoisotopic (exact) mass is 146 g/mol. The molecule has 0 aromatic carbocycles. The Bertz CT molecular complexity index is 130. The first kappa shape index (κ1) is 8.97. The summed E-state index contributed by atoms with van der Waals surface area (Å²) in [6.07, 6.45) is 0.741. The van der Waals surface area contributed by atoms with Gasteiger partial charge in [-0.25, -0.2) is 4.79 Å². The lowest BCUT2D eigenvalue weighted by atomic mass is 10.5.